The highest BCUT2D eigenvalue weighted by atomic mass is 127. The summed E-state index contributed by atoms with van der Waals surface area (Å²) in [5.74, 6) is 0.552. The average Bonchev–Trinajstić information content (AvgIpc) is 2.34. The second-order valence-electron chi connectivity index (χ2n) is 3.24. The molecule has 0 saturated heterocycles. The fourth-order valence-corrected chi connectivity index (χ4v) is 1.18. The summed E-state index contributed by atoms with van der Waals surface area (Å²) in [4.78, 5) is 4.22. The van der Waals surface area contributed by atoms with Gasteiger partial charge in [-0.3, -0.25) is 4.99 Å². The summed E-state index contributed by atoms with van der Waals surface area (Å²) in [6.07, 6.45) is 0. The van der Waals surface area contributed by atoms with Gasteiger partial charge in [0.2, 0.25) is 0 Å². The van der Waals surface area contributed by atoms with Gasteiger partial charge in [0.25, 0.3) is 0 Å². The summed E-state index contributed by atoms with van der Waals surface area (Å²) in [6.45, 7) is 2.34. The Labute approximate surface area is 119 Å². The number of nitrogens with zero attached hydrogens (tertiary/aromatic N) is 1. The van der Waals surface area contributed by atoms with Crippen LogP contribution in [-0.2, 0) is 9.47 Å². The molecule has 0 aliphatic carbocycles. The van der Waals surface area contributed by atoms with Gasteiger partial charge in [-0.05, 0) is 0 Å². The molecule has 0 heterocycles. The van der Waals surface area contributed by atoms with Crippen molar-refractivity contribution in [3.8, 4) is 0 Å². The molecule has 0 aromatic heterocycles. The highest BCUT2D eigenvalue weighted by Crippen LogP contribution is 1.97. The standard InChI is InChI=1S/C12H18N2O2.HI/c1-15-9-10-16-8-7-14-12(13)11-5-3-2-4-6-11;/h2-6H,7-10H2,1H3,(H2,13,14);1H. The maximum Gasteiger partial charge on any atom is 0.125 e. The van der Waals surface area contributed by atoms with Crippen LogP contribution in [0.15, 0.2) is 35.3 Å². The predicted molar refractivity (Wildman–Crippen MR) is 80.1 cm³/mol. The van der Waals surface area contributed by atoms with Crippen LogP contribution in [0.3, 0.4) is 0 Å². The van der Waals surface area contributed by atoms with Crippen LogP contribution in [0.25, 0.3) is 0 Å². The first-order valence-electron chi connectivity index (χ1n) is 5.26. The number of hydrogen-bond acceptors (Lipinski definition) is 3. The van der Waals surface area contributed by atoms with Crippen LogP contribution in [0.1, 0.15) is 5.56 Å². The molecule has 4 nitrogen and oxygen atoms in total. The van der Waals surface area contributed by atoms with Gasteiger partial charge in [-0.1, -0.05) is 30.3 Å². The number of aliphatic imine (C=N–C) groups is 1. The van der Waals surface area contributed by atoms with Crippen molar-refractivity contribution in [1.29, 1.82) is 0 Å². The molecule has 17 heavy (non-hydrogen) atoms. The van der Waals surface area contributed by atoms with Gasteiger partial charge in [-0.25, -0.2) is 0 Å². The summed E-state index contributed by atoms with van der Waals surface area (Å²) in [7, 11) is 1.65. The Balaban J connectivity index is 0.00000256. The summed E-state index contributed by atoms with van der Waals surface area (Å²) in [5, 5.41) is 0. The van der Waals surface area contributed by atoms with Gasteiger partial charge in [0.05, 0.1) is 26.4 Å². The summed E-state index contributed by atoms with van der Waals surface area (Å²) < 4.78 is 10.1. The number of ether oxygens (including phenoxy) is 2. The number of rotatable bonds is 7. The molecule has 96 valence electrons. The molecule has 0 radical (unpaired) electrons. The van der Waals surface area contributed by atoms with Gasteiger partial charge in [0.1, 0.15) is 5.84 Å². The molecule has 1 rings (SSSR count). The first-order chi connectivity index (χ1) is 7.84. The van der Waals surface area contributed by atoms with Crippen molar-refractivity contribution in [3.63, 3.8) is 0 Å². The minimum atomic E-state index is 0. The van der Waals surface area contributed by atoms with E-state index in [1.807, 2.05) is 30.3 Å². The van der Waals surface area contributed by atoms with Crippen LogP contribution < -0.4 is 5.73 Å². The molecule has 1 aromatic carbocycles. The molecule has 0 spiro atoms. The van der Waals surface area contributed by atoms with Gasteiger partial charge in [0, 0.05) is 12.7 Å². The molecule has 0 saturated carbocycles. The third-order valence-corrected chi connectivity index (χ3v) is 2.02. The molecule has 0 atom stereocenters. The van der Waals surface area contributed by atoms with E-state index in [-0.39, 0.29) is 24.0 Å². The van der Waals surface area contributed by atoms with Gasteiger partial charge in [-0.15, -0.1) is 24.0 Å². The van der Waals surface area contributed by atoms with E-state index in [4.69, 9.17) is 15.2 Å². The Morgan fingerprint density at radius 3 is 2.53 bits per heavy atom. The minimum Gasteiger partial charge on any atom is -0.384 e. The number of halogens is 1. The van der Waals surface area contributed by atoms with E-state index in [1.165, 1.54) is 0 Å². The first-order valence-corrected chi connectivity index (χ1v) is 5.26. The average molecular weight is 350 g/mol. The number of nitrogens with two attached hydrogens (primary N) is 1. The number of benzene rings is 1. The van der Waals surface area contributed by atoms with E-state index in [9.17, 15) is 0 Å². The van der Waals surface area contributed by atoms with Crippen molar-refractivity contribution in [2.75, 3.05) is 33.5 Å². The number of amidine groups is 1. The van der Waals surface area contributed by atoms with E-state index in [1.54, 1.807) is 7.11 Å². The van der Waals surface area contributed by atoms with Crippen molar-refractivity contribution >= 4 is 29.8 Å². The van der Waals surface area contributed by atoms with Crippen molar-refractivity contribution < 1.29 is 9.47 Å². The molecule has 0 amide bonds. The zero-order valence-corrected chi connectivity index (χ0v) is 12.3. The molecule has 0 aliphatic rings. The predicted octanol–water partition coefficient (Wildman–Crippen LogP) is 1.67. The molecule has 0 bridgehead atoms. The molecule has 2 N–H and O–H groups in total. The van der Waals surface area contributed by atoms with Gasteiger partial charge < -0.3 is 15.2 Å². The van der Waals surface area contributed by atoms with E-state index in [2.05, 4.69) is 4.99 Å². The molecule has 0 aliphatic heterocycles. The summed E-state index contributed by atoms with van der Waals surface area (Å²) in [6, 6.07) is 9.69. The second kappa shape index (κ2) is 10.5. The lowest BCUT2D eigenvalue weighted by Crippen LogP contribution is -2.15. The maximum absolute atomic E-state index is 5.81. The monoisotopic (exact) mass is 350 g/mol. The Hall–Kier alpha value is -0.660. The Morgan fingerprint density at radius 1 is 1.18 bits per heavy atom. The first kappa shape index (κ1) is 16.3. The maximum atomic E-state index is 5.81. The fourth-order valence-electron chi connectivity index (χ4n) is 1.18. The zero-order valence-electron chi connectivity index (χ0n) is 9.96. The van der Waals surface area contributed by atoms with Crippen molar-refractivity contribution in [1.82, 2.24) is 0 Å². The fraction of sp³-hybridized carbons (Fsp3) is 0.417. The van der Waals surface area contributed by atoms with Crippen LogP contribution in [-0.4, -0.2) is 39.3 Å². The minimum absolute atomic E-state index is 0. The summed E-state index contributed by atoms with van der Waals surface area (Å²) in [5.41, 5.74) is 6.75. The molecule has 0 fully saturated rings. The third kappa shape index (κ3) is 7.30. The Morgan fingerprint density at radius 2 is 1.88 bits per heavy atom. The molecule has 0 unspecified atom stereocenters. The Bertz CT molecular complexity index is 318. The van der Waals surface area contributed by atoms with Crippen LogP contribution in [0.4, 0.5) is 0 Å². The van der Waals surface area contributed by atoms with E-state index < -0.39 is 0 Å². The molecule has 1 aromatic rings. The van der Waals surface area contributed by atoms with E-state index in [0.717, 1.165) is 5.56 Å². The molecular weight excluding hydrogens is 331 g/mol. The van der Waals surface area contributed by atoms with E-state index >= 15 is 0 Å². The van der Waals surface area contributed by atoms with E-state index in [0.29, 0.717) is 32.2 Å². The molecular formula is C12H19IN2O2. The summed E-state index contributed by atoms with van der Waals surface area (Å²) >= 11 is 0. The quantitative estimate of drug-likeness (QED) is 0.352. The van der Waals surface area contributed by atoms with Gasteiger partial charge in [-0.2, -0.15) is 0 Å². The zero-order chi connectivity index (χ0) is 11.6. The van der Waals surface area contributed by atoms with Crippen molar-refractivity contribution in [2.45, 2.75) is 0 Å². The lowest BCUT2D eigenvalue weighted by molar-refractivity contribution is 0.0748. The molecule has 5 heteroatoms. The highest BCUT2D eigenvalue weighted by molar-refractivity contribution is 14.0. The highest BCUT2D eigenvalue weighted by Gasteiger charge is 1.95. The van der Waals surface area contributed by atoms with Gasteiger partial charge >= 0.3 is 0 Å². The van der Waals surface area contributed by atoms with Crippen LogP contribution in [0, 0.1) is 0 Å². The smallest absolute Gasteiger partial charge is 0.125 e. The van der Waals surface area contributed by atoms with Crippen LogP contribution in [0.2, 0.25) is 0 Å². The second-order valence-corrected chi connectivity index (χ2v) is 3.24. The lowest BCUT2D eigenvalue weighted by Gasteiger charge is -2.02. The topological polar surface area (TPSA) is 56.8 Å². The van der Waals surface area contributed by atoms with Crippen molar-refractivity contribution in [2.24, 2.45) is 10.7 Å². The van der Waals surface area contributed by atoms with Gasteiger partial charge in [0.15, 0.2) is 0 Å². The lowest BCUT2D eigenvalue weighted by atomic mass is 10.2. The SMILES string of the molecule is COCCOCCN=C(N)c1ccccc1.I. The third-order valence-electron chi connectivity index (χ3n) is 2.02. The van der Waals surface area contributed by atoms with Crippen LogP contribution >= 0.6 is 24.0 Å². The van der Waals surface area contributed by atoms with Crippen molar-refractivity contribution in [3.05, 3.63) is 35.9 Å². The Kier molecular flexibility index (Phi) is 10.1. The van der Waals surface area contributed by atoms with Crippen LogP contribution in [0.5, 0.6) is 0 Å². The number of hydrogen-bond donors (Lipinski definition) is 1. The number of methoxy groups -OCH3 is 1. The normalized spacial score (nSPS) is 11.0. The largest absolute Gasteiger partial charge is 0.384 e.